The maximum atomic E-state index is 13.9. The summed E-state index contributed by atoms with van der Waals surface area (Å²) in [5, 5.41) is 0. The van der Waals surface area contributed by atoms with Crippen molar-refractivity contribution in [2.45, 2.75) is 45.1 Å². The Kier molecular flexibility index (Phi) is 2.80. The largest absolute Gasteiger partial charge is 0.484 e. The highest BCUT2D eigenvalue weighted by molar-refractivity contribution is 5.33. The highest BCUT2D eigenvalue weighted by Crippen LogP contribution is 2.52. The van der Waals surface area contributed by atoms with Crippen molar-refractivity contribution in [1.29, 1.82) is 0 Å². The maximum absolute atomic E-state index is 13.9. The van der Waals surface area contributed by atoms with Gasteiger partial charge < -0.3 is 4.74 Å². The van der Waals surface area contributed by atoms with Gasteiger partial charge in [-0.15, -0.1) is 0 Å². The number of rotatable bonds is 3. The molecule has 1 aromatic rings. The van der Waals surface area contributed by atoms with Crippen LogP contribution in [0.3, 0.4) is 0 Å². The SMILES string of the molecule is CC(C)c1cc(F)c(OC2CC3CC3C2)c(F)c1. The number of hydrogen-bond acceptors (Lipinski definition) is 1. The van der Waals surface area contributed by atoms with E-state index >= 15 is 0 Å². The summed E-state index contributed by atoms with van der Waals surface area (Å²) in [5.41, 5.74) is 0.673. The molecule has 0 radical (unpaired) electrons. The molecule has 18 heavy (non-hydrogen) atoms. The summed E-state index contributed by atoms with van der Waals surface area (Å²) in [6, 6.07) is 2.78. The molecule has 2 atom stereocenters. The van der Waals surface area contributed by atoms with Crippen LogP contribution in [0.2, 0.25) is 0 Å². The van der Waals surface area contributed by atoms with Crippen LogP contribution in [-0.2, 0) is 0 Å². The van der Waals surface area contributed by atoms with E-state index < -0.39 is 11.6 Å². The van der Waals surface area contributed by atoms with E-state index in [1.165, 1.54) is 18.6 Å². The molecule has 1 aromatic carbocycles. The molecule has 2 saturated carbocycles. The smallest absolute Gasteiger partial charge is 0.191 e. The first-order chi connectivity index (χ1) is 8.54. The first kappa shape index (κ1) is 11.9. The van der Waals surface area contributed by atoms with Gasteiger partial charge in [0.25, 0.3) is 0 Å². The minimum absolute atomic E-state index is 0.00245. The number of fused-ring (bicyclic) bond motifs is 1. The molecular weight excluding hydrogens is 234 g/mol. The van der Waals surface area contributed by atoms with Gasteiger partial charge in [-0.1, -0.05) is 13.8 Å². The molecular formula is C15H18F2O. The molecule has 3 heteroatoms. The van der Waals surface area contributed by atoms with Gasteiger partial charge in [0.2, 0.25) is 0 Å². The second-order valence-electron chi connectivity index (χ2n) is 5.94. The average Bonchev–Trinajstić information content (AvgIpc) is 2.91. The van der Waals surface area contributed by atoms with Gasteiger partial charge in [-0.3, -0.25) is 0 Å². The Morgan fingerprint density at radius 1 is 1.06 bits per heavy atom. The van der Waals surface area contributed by atoms with Crippen LogP contribution in [0, 0.1) is 23.5 Å². The molecule has 0 bridgehead atoms. The van der Waals surface area contributed by atoms with Gasteiger partial charge in [0, 0.05) is 0 Å². The van der Waals surface area contributed by atoms with Crippen molar-refractivity contribution in [3.63, 3.8) is 0 Å². The van der Waals surface area contributed by atoms with Crippen molar-refractivity contribution in [3.8, 4) is 5.75 Å². The van der Waals surface area contributed by atoms with E-state index in [9.17, 15) is 8.78 Å². The fourth-order valence-corrected chi connectivity index (χ4v) is 2.95. The standard InChI is InChI=1S/C15H18F2O/c1-8(2)9-6-13(16)15(14(17)7-9)18-12-4-10-3-11(10)5-12/h6-8,10-12H,3-5H2,1-2H3. The topological polar surface area (TPSA) is 9.23 Å². The third-order valence-electron chi connectivity index (χ3n) is 4.17. The van der Waals surface area contributed by atoms with Crippen molar-refractivity contribution >= 4 is 0 Å². The van der Waals surface area contributed by atoms with E-state index in [-0.39, 0.29) is 17.8 Å². The molecule has 0 aromatic heterocycles. The van der Waals surface area contributed by atoms with E-state index in [2.05, 4.69) is 0 Å². The first-order valence-electron chi connectivity index (χ1n) is 6.70. The highest BCUT2D eigenvalue weighted by Gasteiger charge is 2.47. The van der Waals surface area contributed by atoms with Crippen LogP contribution in [-0.4, -0.2) is 6.10 Å². The summed E-state index contributed by atoms with van der Waals surface area (Å²) in [7, 11) is 0. The van der Waals surface area contributed by atoms with Gasteiger partial charge in [-0.2, -0.15) is 0 Å². The minimum Gasteiger partial charge on any atom is -0.484 e. The molecule has 0 spiro atoms. The van der Waals surface area contributed by atoms with Gasteiger partial charge in [0.15, 0.2) is 17.4 Å². The highest BCUT2D eigenvalue weighted by atomic mass is 19.1. The average molecular weight is 252 g/mol. The summed E-state index contributed by atoms with van der Waals surface area (Å²) in [6.45, 7) is 3.83. The molecule has 2 unspecified atom stereocenters. The summed E-state index contributed by atoms with van der Waals surface area (Å²) < 4.78 is 33.3. The van der Waals surface area contributed by atoms with Gasteiger partial charge in [-0.05, 0) is 54.7 Å². The lowest BCUT2D eigenvalue weighted by molar-refractivity contribution is 0.177. The maximum Gasteiger partial charge on any atom is 0.191 e. The molecule has 0 heterocycles. The van der Waals surface area contributed by atoms with E-state index in [0.29, 0.717) is 5.56 Å². The molecule has 0 N–H and O–H groups in total. The van der Waals surface area contributed by atoms with Gasteiger partial charge in [0.05, 0.1) is 6.10 Å². The third-order valence-corrected chi connectivity index (χ3v) is 4.17. The molecule has 3 rings (SSSR count). The summed E-state index contributed by atoms with van der Waals surface area (Å²) in [6.07, 6.45) is 3.19. The van der Waals surface area contributed by atoms with Crippen LogP contribution >= 0.6 is 0 Å². The van der Waals surface area contributed by atoms with Gasteiger partial charge >= 0.3 is 0 Å². The van der Waals surface area contributed by atoms with Crippen LogP contribution in [0.4, 0.5) is 8.78 Å². The van der Waals surface area contributed by atoms with Crippen molar-refractivity contribution in [1.82, 2.24) is 0 Å². The Balaban J connectivity index is 1.78. The molecule has 2 fully saturated rings. The molecule has 2 aliphatic rings. The predicted molar refractivity (Wildman–Crippen MR) is 65.7 cm³/mol. The van der Waals surface area contributed by atoms with Crippen LogP contribution < -0.4 is 4.74 Å². The fourth-order valence-electron chi connectivity index (χ4n) is 2.95. The van der Waals surface area contributed by atoms with Crippen LogP contribution in [0.15, 0.2) is 12.1 Å². The Hall–Kier alpha value is -1.12. The lowest BCUT2D eigenvalue weighted by Crippen LogP contribution is -2.15. The van der Waals surface area contributed by atoms with Gasteiger partial charge in [-0.25, -0.2) is 8.78 Å². The quantitative estimate of drug-likeness (QED) is 0.780. The minimum atomic E-state index is -0.570. The zero-order valence-corrected chi connectivity index (χ0v) is 10.7. The van der Waals surface area contributed by atoms with Crippen molar-refractivity contribution in [2.24, 2.45) is 11.8 Å². The summed E-state index contributed by atoms with van der Waals surface area (Å²) in [5.74, 6) is 0.276. The van der Waals surface area contributed by atoms with Gasteiger partial charge in [0.1, 0.15) is 0 Å². The predicted octanol–water partition coefficient (Wildman–Crippen LogP) is 4.27. The molecule has 1 nitrogen and oxygen atoms in total. The fraction of sp³-hybridized carbons (Fsp3) is 0.600. The summed E-state index contributed by atoms with van der Waals surface area (Å²) in [4.78, 5) is 0. The van der Waals surface area contributed by atoms with E-state index in [0.717, 1.165) is 24.7 Å². The second kappa shape index (κ2) is 4.22. The lowest BCUT2D eigenvalue weighted by Gasteiger charge is -2.17. The van der Waals surface area contributed by atoms with E-state index in [1.54, 1.807) is 0 Å². The van der Waals surface area contributed by atoms with Crippen LogP contribution in [0.5, 0.6) is 5.75 Å². The number of hydrogen-bond donors (Lipinski definition) is 0. The Morgan fingerprint density at radius 3 is 2.11 bits per heavy atom. The number of ether oxygens (including phenoxy) is 1. The Labute approximate surface area is 106 Å². The van der Waals surface area contributed by atoms with Crippen LogP contribution in [0.25, 0.3) is 0 Å². The van der Waals surface area contributed by atoms with Crippen molar-refractivity contribution in [3.05, 3.63) is 29.3 Å². The van der Waals surface area contributed by atoms with E-state index in [4.69, 9.17) is 4.74 Å². The molecule has 0 amide bonds. The Bertz CT molecular complexity index is 437. The summed E-state index contributed by atoms with van der Waals surface area (Å²) >= 11 is 0. The third kappa shape index (κ3) is 2.11. The first-order valence-corrected chi connectivity index (χ1v) is 6.70. The lowest BCUT2D eigenvalue weighted by atomic mass is 10.0. The van der Waals surface area contributed by atoms with E-state index in [1.807, 2.05) is 13.8 Å². The second-order valence-corrected chi connectivity index (χ2v) is 5.94. The monoisotopic (exact) mass is 252 g/mol. The molecule has 98 valence electrons. The van der Waals surface area contributed by atoms with Crippen LogP contribution in [0.1, 0.15) is 44.6 Å². The molecule has 0 saturated heterocycles. The Morgan fingerprint density at radius 2 is 1.61 bits per heavy atom. The molecule has 2 aliphatic carbocycles. The normalized spacial score (nSPS) is 29.5. The molecule has 0 aliphatic heterocycles. The van der Waals surface area contributed by atoms with Crippen molar-refractivity contribution in [2.75, 3.05) is 0 Å². The zero-order chi connectivity index (χ0) is 12.9. The number of halogens is 2. The zero-order valence-electron chi connectivity index (χ0n) is 10.7. The number of benzene rings is 1. The van der Waals surface area contributed by atoms with Crippen molar-refractivity contribution < 1.29 is 13.5 Å².